The molecule has 0 atom stereocenters. The quantitative estimate of drug-likeness (QED) is 0.690. The van der Waals surface area contributed by atoms with E-state index in [1.165, 1.54) is 0 Å². The summed E-state index contributed by atoms with van der Waals surface area (Å²) in [5.74, 6) is -0.764. The summed E-state index contributed by atoms with van der Waals surface area (Å²) in [6, 6.07) is 7.49. The monoisotopic (exact) mass is 221 g/mol. The van der Waals surface area contributed by atoms with Crippen LogP contribution in [0.3, 0.4) is 0 Å². The van der Waals surface area contributed by atoms with Crippen molar-refractivity contribution in [1.29, 1.82) is 0 Å². The van der Waals surface area contributed by atoms with E-state index >= 15 is 0 Å². The number of aliphatic hydroxyl groups excluding tert-OH is 1. The van der Waals surface area contributed by atoms with Crippen molar-refractivity contribution in [3.8, 4) is 0 Å². The van der Waals surface area contributed by atoms with Crippen molar-refractivity contribution in [3.63, 3.8) is 0 Å². The zero-order chi connectivity index (χ0) is 11.6. The highest BCUT2D eigenvalue weighted by molar-refractivity contribution is 5.82. The molecule has 1 aromatic rings. The number of carbonyl (C=O) groups is 1. The van der Waals surface area contributed by atoms with E-state index in [0.717, 1.165) is 11.1 Å². The normalized spacial score (nSPS) is 17.1. The number of carboxylic acid groups (broad SMARTS) is 1. The van der Waals surface area contributed by atoms with Crippen molar-refractivity contribution < 1.29 is 15.0 Å². The van der Waals surface area contributed by atoms with Crippen LogP contribution in [-0.4, -0.2) is 21.7 Å². The summed E-state index contributed by atoms with van der Waals surface area (Å²) in [4.78, 5) is 10.9. The Morgan fingerprint density at radius 3 is 2.25 bits per heavy atom. The molecule has 0 unspecified atom stereocenters. The van der Waals surface area contributed by atoms with Crippen LogP contribution in [0.4, 0.5) is 0 Å². The van der Waals surface area contributed by atoms with Gasteiger partial charge in [0.1, 0.15) is 5.54 Å². The Kier molecular flexibility index (Phi) is 2.94. The molecular weight excluding hydrogens is 206 g/mol. The summed E-state index contributed by atoms with van der Waals surface area (Å²) in [6.07, 6.45) is 1.41. The molecule has 1 saturated carbocycles. The van der Waals surface area contributed by atoms with E-state index in [-0.39, 0.29) is 6.61 Å². The predicted octanol–water partition coefficient (Wildman–Crippen LogP) is 0.886. The Labute approximate surface area is 93.9 Å². The summed E-state index contributed by atoms with van der Waals surface area (Å²) in [7, 11) is 0. The molecule has 0 radical (unpaired) electrons. The van der Waals surface area contributed by atoms with Gasteiger partial charge in [0.2, 0.25) is 0 Å². The third-order valence-corrected chi connectivity index (χ3v) is 3.00. The number of benzene rings is 1. The molecule has 2 rings (SSSR count). The zero-order valence-corrected chi connectivity index (χ0v) is 8.94. The minimum Gasteiger partial charge on any atom is -0.480 e. The fourth-order valence-corrected chi connectivity index (χ4v) is 1.63. The molecule has 1 fully saturated rings. The Balaban J connectivity index is 1.92. The lowest BCUT2D eigenvalue weighted by Gasteiger charge is -2.12. The van der Waals surface area contributed by atoms with Crippen LogP contribution in [0.2, 0.25) is 0 Å². The Morgan fingerprint density at radius 1 is 1.25 bits per heavy atom. The van der Waals surface area contributed by atoms with E-state index in [0.29, 0.717) is 19.4 Å². The average molecular weight is 221 g/mol. The molecule has 4 heteroatoms. The highest BCUT2D eigenvalue weighted by Gasteiger charge is 2.49. The number of nitrogens with one attached hydrogen (secondary N) is 1. The van der Waals surface area contributed by atoms with Gasteiger partial charge in [0, 0.05) is 6.54 Å². The topological polar surface area (TPSA) is 69.6 Å². The number of carboxylic acids is 1. The van der Waals surface area contributed by atoms with Crippen LogP contribution in [0, 0.1) is 0 Å². The first-order chi connectivity index (χ1) is 7.66. The van der Waals surface area contributed by atoms with Crippen molar-refractivity contribution in [3.05, 3.63) is 35.4 Å². The Hall–Kier alpha value is -1.39. The van der Waals surface area contributed by atoms with Gasteiger partial charge in [0.05, 0.1) is 6.61 Å². The van der Waals surface area contributed by atoms with Gasteiger partial charge in [0.25, 0.3) is 0 Å². The largest absolute Gasteiger partial charge is 0.480 e. The summed E-state index contributed by atoms with van der Waals surface area (Å²) in [6.45, 7) is 0.588. The molecule has 0 amide bonds. The van der Waals surface area contributed by atoms with Crippen LogP contribution >= 0.6 is 0 Å². The lowest BCUT2D eigenvalue weighted by atomic mass is 10.1. The molecule has 0 heterocycles. The number of rotatable bonds is 5. The first kappa shape index (κ1) is 11.1. The predicted molar refractivity (Wildman–Crippen MR) is 58.8 cm³/mol. The second-order valence-electron chi connectivity index (χ2n) is 4.22. The van der Waals surface area contributed by atoms with E-state index in [2.05, 4.69) is 5.32 Å². The van der Waals surface area contributed by atoms with Gasteiger partial charge in [-0.1, -0.05) is 24.3 Å². The van der Waals surface area contributed by atoms with Crippen LogP contribution in [0.15, 0.2) is 24.3 Å². The average Bonchev–Trinajstić information content (AvgIpc) is 3.08. The van der Waals surface area contributed by atoms with Crippen molar-refractivity contribution in [2.75, 3.05) is 0 Å². The fourth-order valence-electron chi connectivity index (χ4n) is 1.63. The van der Waals surface area contributed by atoms with Crippen LogP contribution in [0.25, 0.3) is 0 Å². The Bertz CT molecular complexity index is 382. The first-order valence-corrected chi connectivity index (χ1v) is 5.33. The molecule has 1 aliphatic rings. The maximum atomic E-state index is 10.9. The lowest BCUT2D eigenvalue weighted by Crippen LogP contribution is -2.38. The van der Waals surface area contributed by atoms with Gasteiger partial charge in [-0.3, -0.25) is 10.1 Å². The van der Waals surface area contributed by atoms with Gasteiger partial charge in [-0.15, -0.1) is 0 Å². The van der Waals surface area contributed by atoms with Gasteiger partial charge < -0.3 is 10.2 Å². The summed E-state index contributed by atoms with van der Waals surface area (Å²) >= 11 is 0. The molecule has 1 aromatic carbocycles. The van der Waals surface area contributed by atoms with Gasteiger partial charge in [-0.25, -0.2) is 0 Å². The van der Waals surface area contributed by atoms with E-state index in [1.807, 2.05) is 24.3 Å². The Morgan fingerprint density at radius 2 is 1.81 bits per heavy atom. The molecular formula is C12H15NO3. The highest BCUT2D eigenvalue weighted by atomic mass is 16.4. The molecule has 0 aromatic heterocycles. The SMILES string of the molecule is O=C(O)C1(NCc2ccc(CO)cc2)CC1. The molecule has 86 valence electrons. The van der Waals surface area contributed by atoms with Crippen LogP contribution in [-0.2, 0) is 17.9 Å². The third-order valence-electron chi connectivity index (χ3n) is 3.00. The van der Waals surface area contributed by atoms with E-state index in [1.54, 1.807) is 0 Å². The van der Waals surface area contributed by atoms with Crippen molar-refractivity contribution in [2.24, 2.45) is 0 Å². The molecule has 1 aliphatic carbocycles. The van der Waals surface area contributed by atoms with E-state index in [4.69, 9.17) is 10.2 Å². The van der Waals surface area contributed by atoms with Crippen LogP contribution in [0.1, 0.15) is 24.0 Å². The maximum absolute atomic E-state index is 10.9. The van der Waals surface area contributed by atoms with E-state index < -0.39 is 11.5 Å². The number of hydrogen-bond donors (Lipinski definition) is 3. The molecule has 4 nitrogen and oxygen atoms in total. The summed E-state index contributed by atoms with van der Waals surface area (Å²) < 4.78 is 0. The number of aliphatic carboxylic acids is 1. The summed E-state index contributed by atoms with van der Waals surface area (Å²) in [5.41, 5.74) is 1.21. The van der Waals surface area contributed by atoms with Gasteiger partial charge >= 0.3 is 5.97 Å². The molecule has 0 spiro atoms. The lowest BCUT2D eigenvalue weighted by molar-refractivity contribution is -0.140. The van der Waals surface area contributed by atoms with Crippen molar-refractivity contribution >= 4 is 5.97 Å². The highest BCUT2D eigenvalue weighted by Crippen LogP contribution is 2.35. The minimum absolute atomic E-state index is 0.0345. The fraction of sp³-hybridized carbons (Fsp3) is 0.417. The maximum Gasteiger partial charge on any atom is 0.323 e. The number of aliphatic hydroxyl groups is 1. The minimum atomic E-state index is -0.764. The molecule has 0 saturated heterocycles. The zero-order valence-electron chi connectivity index (χ0n) is 8.94. The van der Waals surface area contributed by atoms with Gasteiger partial charge in [-0.2, -0.15) is 0 Å². The summed E-state index contributed by atoms with van der Waals surface area (Å²) in [5, 5.41) is 20.9. The van der Waals surface area contributed by atoms with Crippen molar-refractivity contribution in [1.82, 2.24) is 5.32 Å². The third kappa shape index (κ3) is 2.23. The van der Waals surface area contributed by atoms with E-state index in [9.17, 15) is 4.79 Å². The standard InChI is InChI=1S/C12H15NO3/c14-8-10-3-1-9(2-4-10)7-13-12(5-6-12)11(15)16/h1-4,13-14H,5-8H2,(H,15,16). The molecule has 3 N–H and O–H groups in total. The molecule has 0 bridgehead atoms. The van der Waals surface area contributed by atoms with Crippen LogP contribution in [0.5, 0.6) is 0 Å². The second kappa shape index (κ2) is 4.23. The molecule has 16 heavy (non-hydrogen) atoms. The van der Waals surface area contributed by atoms with Crippen molar-refractivity contribution in [2.45, 2.75) is 31.5 Å². The van der Waals surface area contributed by atoms with Crippen LogP contribution < -0.4 is 5.32 Å². The first-order valence-electron chi connectivity index (χ1n) is 5.33. The second-order valence-corrected chi connectivity index (χ2v) is 4.22. The van der Waals surface area contributed by atoms with Gasteiger partial charge in [0.15, 0.2) is 0 Å². The van der Waals surface area contributed by atoms with Gasteiger partial charge in [-0.05, 0) is 24.0 Å². The molecule has 0 aliphatic heterocycles. The number of hydrogen-bond acceptors (Lipinski definition) is 3. The smallest absolute Gasteiger partial charge is 0.323 e.